The van der Waals surface area contributed by atoms with Crippen molar-refractivity contribution < 1.29 is 13.7 Å². The van der Waals surface area contributed by atoms with Crippen molar-refractivity contribution in [2.75, 3.05) is 0 Å². The van der Waals surface area contributed by atoms with E-state index in [1.165, 1.54) is 12.1 Å². The number of amides is 2. The van der Waals surface area contributed by atoms with Crippen molar-refractivity contribution in [1.29, 1.82) is 0 Å². The van der Waals surface area contributed by atoms with Gasteiger partial charge in [-0.15, -0.1) is 0 Å². The Morgan fingerprint density at radius 1 is 1.00 bits per heavy atom. The second-order valence-corrected chi connectivity index (χ2v) is 8.30. The number of carbonyl (C=O) groups excluding carboxylic acids is 1. The first-order valence-corrected chi connectivity index (χ1v) is 11.0. The maximum Gasteiger partial charge on any atom is 0.322 e. The Morgan fingerprint density at radius 2 is 1.79 bits per heavy atom. The average Bonchev–Trinajstić information content (AvgIpc) is 3.32. The molecular weight excluding hydrogens is 431 g/mol. The molecule has 2 heterocycles. The van der Waals surface area contributed by atoms with Gasteiger partial charge < -0.3 is 9.84 Å². The largest absolute Gasteiger partial charge is 0.334 e. The van der Waals surface area contributed by atoms with Crippen molar-refractivity contribution >= 4 is 11.6 Å². The van der Waals surface area contributed by atoms with Crippen molar-refractivity contribution in [3.05, 3.63) is 113 Å². The molecule has 0 fully saturated rings. The molecule has 1 aliphatic rings. The molecule has 1 atom stereocenters. The van der Waals surface area contributed by atoms with E-state index >= 15 is 0 Å². The monoisotopic (exact) mass is 454 g/mol. The summed E-state index contributed by atoms with van der Waals surface area (Å²) >= 11 is 0. The van der Waals surface area contributed by atoms with Gasteiger partial charge in [-0.2, -0.15) is 4.98 Å². The summed E-state index contributed by atoms with van der Waals surface area (Å²) in [5.74, 6) is 0.180. The number of allylic oxidation sites excluding steroid dienone is 1. The fourth-order valence-electron chi connectivity index (χ4n) is 4.22. The fourth-order valence-corrected chi connectivity index (χ4v) is 4.22. The molecule has 6 nitrogen and oxygen atoms in total. The molecule has 170 valence electrons. The normalized spacial score (nSPS) is 16.0. The minimum Gasteiger partial charge on any atom is -0.334 e. The Hall–Kier alpha value is -4.26. The third-order valence-corrected chi connectivity index (χ3v) is 5.89. The van der Waals surface area contributed by atoms with Crippen molar-refractivity contribution in [2.45, 2.75) is 26.4 Å². The highest BCUT2D eigenvalue weighted by Crippen LogP contribution is 2.37. The van der Waals surface area contributed by atoms with Crippen LogP contribution in [0.3, 0.4) is 0 Å². The zero-order valence-corrected chi connectivity index (χ0v) is 18.8. The number of aromatic nitrogens is 2. The van der Waals surface area contributed by atoms with E-state index in [1.54, 1.807) is 17.0 Å². The summed E-state index contributed by atoms with van der Waals surface area (Å²) in [6.45, 7) is 4.30. The van der Waals surface area contributed by atoms with Crippen LogP contribution in [0, 0.1) is 12.7 Å². The Morgan fingerprint density at radius 3 is 2.56 bits per heavy atom. The van der Waals surface area contributed by atoms with Gasteiger partial charge in [-0.1, -0.05) is 77.5 Å². The third-order valence-electron chi connectivity index (χ3n) is 5.89. The summed E-state index contributed by atoms with van der Waals surface area (Å²) in [5, 5.41) is 7.18. The standard InChI is InChI=1S/C27H23FN4O2/c1-17-8-6-9-19(14-17)16-32-18(2)23(24(29-27(32)33)20-10-4-3-5-11-20)26-30-25(31-34-26)21-12-7-13-22(28)15-21/h3-15,24H,16H2,1-2H3,(H,29,33). The Kier molecular flexibility index (Phi) is 5.67. The topological polar surface area (TPSA) is 71.3 Å². The van der Waals surface area contributed by atoms with Crippen molar-refractivity contribution in [2.24, 2.45) is 0 Å². The van der Waals surface area contributed by atoms with Gasteiger partial charge in [-0.05, 0) is 37.1 Å². The molecule has 0 aliphatic carbocycles. The quantitative estimate of drug-likeness (QED) is 0.409. The van der Waals surface area contributed by atoms with E-state index in [9.17, 15) is 9.18 Å². The minimum absolute atomic E-state index is 0.207. The first-order valence-electron chi connectivity index (χ1n) is 11.0. The van der Waals surface area contributed by atoms with Crippen LogP contribution in [-0.4, -0.2) is 21.1 Å². The summed E-state index contributed by atoms with van der Waals surface area (Å²) in [5.41, 5.74) is 4.96. The highest BCUT2D eigenvalue weighted by atomic mass is 19.1. The summed E-state index contributed by atoms with van der Waals surface area (Å²) in [6, 6.07) is 23.0. The van der Waals surface area contributed by atoms with E-state index in [1.807, 2.05) is 62.4 Å². The number of nitrogens with one attached hydrogen (secondary N) is 1. The van der Waals surface area contributed by atoms with Crippen LogP contribution in [0.4, 0.5) is 9.18 Å². The van der Waals surface area contributed by atoms with Crippen LogP contribution in [0.25, 0.3) is 17.0 Å². The van der Waals surface area contributed by atoms with Crippen LogP contribution in [0.2, 0.25) is 0 Å². The number of nitrogens with zero attached hydrogens (tertiary/aromatic N) is 3. The molecule has 1 aromatic heterocycles. The molecule has 2 amide bonds. The van der Waals surface area contributed by atoms with Gasteiger partial charge in [0.1, 0.15) is 5.82 Å². The molecule has 0 saturated heterocycles. The number of hydrogen-bond donors (Lipinski definition) is 1. The van der Waals surface area contributed by atoms with Gasteiger partial charge >= 0.3 is 6.03 Å². The lowest BCUT2D eigenvalue weighted by molar-refractivity contribution is 0.203. The van der Waals surface area contributed by atoms with Crippen LogP contribution in [-0.2, 0) is 6.54 Å². The van der Waals surface area contributed by atoms with E-state index < -0.39 is 6.04 Å². The van der Waals surface area contributed by atoms with Gasteiger partial charge in [0.25, 0.3) is 5.89 Å². The van der Waals surface area contributed by atoms with Crippen LogP contribution >= 0.6 is 0 Å². The highest BCUT2D eigenvalue weighted by Gasteiger charge is 2.35. The molecule has 34 heavy (non-hydrogen) atoms. The molecule has 3 aromatic carbocycles. The lowest BCUT2D eigenvalue weighted by Crippen LogP contribution is -2.45. The Bertz CT molecular complexity index is 1380. The van der Waals surface area contributed by atoms with Crippen LogP contribution in [0.15, 0.2) is 89.1 Å². The SMILES string of the molecule is CC1=C(c2nc(-c3cccc(F)c3)no2)C(c2ccccc2)NC(=O)N1Cc1cccc(C)c1. The van der Waals surface area contributed by atoms with Gasteiger partial charge in [0.2, 0.25) is 5.82 Å². The summed E-state index contributed by atoms with van der Waals surface area (Å²) < 4.78 is 19.4. The fraction of sp³-hybridized carbons (Fsp3) is 0.148. The smallest absolute Gasteiger partial charge is 0.322 e. The molecule has 0 spiro atoms. The lowest BCUT2D eigenvalue weighted by Gasteiger charge is -2.35. The highest BCUT2D eigenvalue weighted by molar-refractivity contribution is 5.86. The van der Waals surface area contributed by atoms with Crippen molar-refractivity contribution in [3.8, 4) is 11.4 Å². The van der Waals surface area contributed by atoms with E-state index in [-0.39, 0.29) is 23.6 Å². The maximum atomic E-state index is 13.7. The number of benzene rings is 3. The number of rotatable bonds is 5. The Labute approximate surface area is 196 Å². The first kappa shape index (κ1) is 21.6. The van der Waals surface area contributed by atoms with Gasteiger partial charge in [-0.25, -0.2) is 9.18 Å². The summed E-state index contributed by atoms with van der Waals surface area (Å²) in [4.78, 5) is 19.4. The van der Waals surface area contributed by atoms with Gasteiger partial charge in [0, 0.05) is 11.3 Å². The van der Waals surface area contributed by atoms with E-state index in [0.29, 0.717) is 23.4 Å². The van der Waals surface area contributed by atoms with E-state index in [2.05, 4.69) is 21.5 Å². The number of hydrogen-bond acceptors (Lipinski definition) is 4. The third kappa shape index (κ3) is 4.20. The molecule has 1 unspecified atom stereocenters. The lowest BCUT2D eigenvalue weighted by atomic mass is 9.94. The minimum atomic E-state index is -0.469. The molecule has 7 heteroatoms. The molecule has 5 rings (SSSR count). The Balaban J connectivity index is 1.60. The number of aryl methyl sites for hydroxylation is 1. The zero-order valence-electron chi connectivity index (χ0n) is 18.8. The van der Waals surface area contributed by atoms with Gasteiger partial charge in [-0.3, -0.25) is 4.90 Å². The van der Waals surface area contributed by atoms with Gasteiger partial charge in [0.05, 0.1) is 18.2 Å². The molecule has 1 aliphatic heterocycles. The molecule has 4 aromatic rings. The van der Waals surface area contributed by atoms with E-state index in [0.717, 1.165) is 16.7 Å². The number of urea groups is 1. The predicted octanol–water partition coefficient (Wildman–Crippen LogP) is 5.88. The molecular formula is C27H23FN4O2. The van der Waals surface area contributed by atoms with E-state index in [4.69, 9.17) is 4.52 Å². The first-order chi connectivity index (χ1) is 16.5. The van der Waals surface area contributed by atoms with Crippen LogP contribution < -0.4 is 5.32 Å². The van der Waals surface area contributed by atoms with Gasteiger partial charge in [0.15, 0.2) is 0 Å². The summed E-state index contributed by atoms with van der Waals surface area (Å²) in [7, 11) is 0. The van der Waals surface area contributed by atoms with Crippen LogP contribution in [0.5, 0.6) is 0 Å². The van der Waals surface area contributed by atoms with Crippen molar-refractivity contribution in [3.63, 3.8) is 0 Å². The maximum absolute atomic E-state index is 13.7. The number of carbonyl (C=O) groups is 1. The molecule has 1 N–H and O–H groups in total. The molecule has 0 saturated carbocycles. The van der Waals surface area contributed by atoms with Crippen molar-refractivity contribution in [1.82, 2.24) is 20.4 Å². The van der Waals surface area contributed by atoms with Crippen LogP contribution in [0.1, 0.15) is 35.5 Å². The zero-order chi connectivity index (χ0) is 23.7. The molecule has 0 radical (unpaired) electrons. The average molecular weight is 455 g/mol. The second-order valence-electron chi connectivity index (χ2n) is 8.30. The summed E-state index contributed by atoms with van der Waals surface area (Å²) in [6.07, 6.45) is 0. The number of halogens is 1. The molecule has 0 bridgehead atoms. The second kappa shape index (κ2) is 8.94. The predicted molar refractivity (Wildman–Crippen MR) is 127 cm³/mol.